The van der Waals surface area contributed by atoms with Gasteiger partial charge in [-0.15, -0.1) is 0 Å². The van der Waals surface area contributed by atoms with E-state index < -0.39 is 28.6 Å². The number of benzene rings is 1. The minimum atomic E-state index is -4.10. The molecule has 0 saturated carbocycles. The maximum atomic E-state index is 12.1. The van der Waals surface area contributed by atoms with Crippen LogP contribution in [0.15, 0.2) is 23.1 Å². The molecule has 3 N–H and O–H groups in total. The first-order chi connectivity index (χ1) is 8.81. The van der Waals surface area contributed by atoms with Crippen LogP contribution in [0.1, 0.15) is 5.56 Å². The van der Waals surface area contributed by atoms with Gasteiger partial charge in [0, 0.05) is 0 Å². The van der Waals surface area contributed by atoms with Crippen LogP contribution in [0.4, 0.5) is 0 Å². The summed E-state index contributed by atoms with van der Waals surface area (Å²) in [6.45, 7) is 0.849. The Morgan fingerprint density at radius 2 is 2.11 bits per heavy atom. The molecule has 0 heterocycles. The second-order valence-electron chi connectivity index (χ2n) is 3.85. The molecule has 0 fully saturated rings. The molecule has 0 aliphatic rings. The van der Waals surface area contributed by atoms with E-state index >= 15 is 0 Å². The maximum Gasteiger partial charge on any atom is 0.324 e. The van der Waals surface area contributed by atoms with Crippen LogP contribution in [0, 0.1) is 6.92 Å². The number of sulfonamides is 1. The second-order valence-corrected chi connectivity index (χ2v) is 5.53. The zero-order chi connectivity index (χ0) is 14.6. The average molecular weight is 289 g/mol. The van der Waals surface area contributed by atoms with Gasteiger partial charge >= 0.3 is 5.97 Å². The van der Waals surface area contributed by atoms with Crippen LogP contribution >= 0.6 is 0 Å². The van der Waals surface area contributed by atoms with Gasteiger partial charge in [-0.2, -0.15) is 4.72 Å². The van der Waals surface area contributed by atoms with Crippen LogP contribution < -0.4 is 9.46 Å². The van der Waals surface area contributed by atoms with Crippen molar-refractivity contribution in [1.29, 1.82) is 0 Å². The molecule has 7 nitrogen and oxygen atoms in total. The molecule has 8 heteroatoms. The molecule has 0 bridgehead atoms. The fraction of sp³-hybridized carbons (Fsp3) is 0.364. The Labute approximate surface area is 110 Å². The van der Waals surface area contributed by atoms with Crippen molar-refractivity contribution in [2.75, 3.05) is 13.7 Å². The molecule has 106 valence electrons. The fourth-order valence-electron chi connectivity index (χ4n) is 1.41. The van der Waals surface area contributed by atoms with E-state index in [1.165, 1.54) is 19.2 Å². The number of hydrogen-bond acceptors (Lipinski definition) is 5. The second kappa shape index (κ2) is 6.00. The van der Waals surface area contributed by atoms with Crippen LogP contribution in [0.5, 0.6) is 5.75 Å². The van der Waals surface area contributed by atoms with Crippen LogP contribution in [-0.4, -0.2) is 44.4 Å². The molecule has 1 unspecified atom stereocenters. The van der Waals surface area contributed by atoms with Crippen molar-refractivity contribution in [3.63, 3.8) is 0 Å². The molecular formula is C11H15NO6S. The molecule has 0 radical (unpaired) electrons. The van der Waals surface area contributed by atoms with Crippen molar-refractivity contribution in [2.45, 2.75) is 17.9 Å². The number of nitrogens with one attached hydrogen (secondary N) is 1. The van der Waals surface area contributed by atoms with Gasteiger partial charge in [0.2, 0.25) is 10.0 Å². The lowest BCUT2D eigenvalue weighted by Crippen LogP contribution is -2.43. The topological polar surface area (TPSA) is 113 Å². The van der Waals surface area contributed by atoms with Gasteiger partial charge in [0.1, 0.15) is 16.7 Å². The van der Waals surface area contributed by atoms with E-state index in [1.54, 1.807) is 13.0 Å². The highest BCUT2D eigenvalue weighted by Gasteiger charge is 2.27. The van der Waals surface area contributed by atoms with Gasteiger partial charge in [-0.25, -0.2) is 8.42 Å². The van der Waals surface area contributed by atoms with Gasteiger partial charge in [-0.05, 0) is 24.6 Å². The molecule has 0 saturated heterocycles. The summed E-state index contributed by atoms with van der Waals surface area (Å²) < 4.78 is 31.0. The van der Waals surface area contributed by atoms with Gasteiger partial charge in [0.15, 0.2) is 0 Å². The molecule has 1 aromatic rings. The van der Waals surface area contributed by atoms with Crippen LogP contribution in [-0.2, 0) is 14.8 Å². The van der Waals surface area contributed by atoms with E-state index in [0.29, 0.717) is 5.56 Å². The lowest BCUT2D eigenvalue weighted by Gasteiger charge is -2.14. The number of carboxylic acids is 1. The molecule has 0 aliphatic carbocycles. The Bertz CT molecular complexity index is 569. The van der Waals surface area contributed by atoms with Gasteiger partial charge < -0.3 is 14.9 Å². The molecule has 1 rings (SSSR count). The first-order valence-corrected chi connectivity index (χ1v) is 6.80. The number of methoxy groups -OCH3 is 1. The zero-order valence-corrected chi connectivity index (χ0v) is 11.3. The molecule has 1 aromatic carbocycles. The minimum absolute atomic E-state index is 0.0974. The van der Waals surface area contributed by atoms with E-state index in [0.717, 1.165) is 0 Å². The third kappa shape index (κ3) is 3.66. The van der Waals surface area contributed by atoms with Crippen molar-refractivity contribution in [3.05, 3.63) is 23.8 Å². The van der Waals surface area contributed by atoms with Gasteiger partial charge in [0.05, 0.1) is 13.7 Å². The Kier molecular flexibility index (Phi) is 4.87. The normalized spacial score (nSPS) is 13.0. The Morgan fingerprint density at radius 1 is 1.47 bits per heavy atom. The summed E-state index contributed by atoms with van der Waals surface area (Å²) in [7, 11) is -2.79. The summed E-state index contributed by atoms with van der Waals surface area (Å²) in [6, 6.07) is 2.89. The summed E-state index contributed by atoms with van der Waals surface area (Å²) in [5.41, 5.74) is 0.678. The molecule has 0 spiro atoms. The Morgan fingerprint density at radius 3 is 2.58 bits per heavy atom. The SMILES string of the molecule is COc1ccc(C)cc1S(=O)(=O)NC(CO)C(=O)O. The summed E-state index contributed by atoms with van der Waals surface area (Å²) in [5.74, 6) is -1.36. The van der Waals surface area contributed by atoms with Crippen LogP contribution in [0.25, 0.3) is 0 Å². The minimum Gasteiger partial charge on any atom is -0.495 e. The van der Waals surface area contributed by atoms with Gasteiger partial charge in [-0.3, -0.25) is 4.79 Å². The number of hydrogen-bond donors (Lipinski definition) is 3. The number of aliphatic hydroxyl groups excluding tert-OH is 1. The molecular weight excluding hydrogens is 274 g/mol. The van der Waals surface area contributed by atoms with E-state index in [1.807, 2.05) is 4.72 Å². The van der Waals surface area contributed by atoms with Crippen molar-refractivity contribution in [3.8, 4) is 5.75 Å². The largest absolute Gasteiger partial charge is 0.495 e. The fourth-order valence-corrected chi connectivity index (χ4v) is 2.84. The smallest absolute Gasteiger partial charge is 0.324 e. The Balaban J connectivity index is 3.20. The van der Waals surface area contributed by atoms with Crippen molar-refractivity contribution in [1.82, 2.24) is 4.72 Å². The number of aryl methyl sites for hydroxylation is 1. The number of aliphatic hydroxyl groups is 1. The lowest BCUT2D eigenvalue weighted by atomic mass is 10.2. The maximum absolute atomic E-state index is 12.1. The average Bonchev–Trinajstić information content (AvgIpc) is 2.35. The predicted molar refractivity (Wildman–Crippen MR) is 66.6 cm³/mol. The molecule has 19 heavy (non-hydrogen) atoms. The summed E-state index contributed by atoms with van der Waals surface area (Å²) in [4.78, 5) is 10.6. The standard InChI is InChI=1S/C11H15NO6S/c1-7-3-4-9(18-2)10(5-7)19(16,17)12-8(6-13)11(14)15/h3-5,8,12-13H,6H2,1-2H3,(H,14,15). The van der Waals surface area contributed by atoms with Gasteiger partial charge in [0.25, 0.3) is 0 Å². The molecule has 1 atom stereocenters. The number of aliphatic carboxylic acids is 1. The monoisotopic (exact) mass is 289 g/mol. The van der Waals surface area contributed by atoms with Crippen molar-refractivity contribution < 1.29 is 28.2 Å². The van der Waals surface area contributed by atoms with Gasteiger partial charge in [-0.1, -0.05) is 6.07 Å². The van der Waals surface area contributed by atoms with Crippen molar-refractivity contribution in [2.24, 2.45) is 0 Å². The molecule has 0 aliphatic heterocycles. The number of rotatable bonds is 6. The predicted octanol–water partition coefficient (Wildman–Crippen LogP) is -0.273. The number of ether oxygens (including phenoxy) is 1. The first-order valence-electron chi connectivity index (χ1n) is 5.32. The summed E-state index contributed by atoms with van der Waals surface area (Å²) >= 11 is 0. The number of carboxylic acid groups (broad SMARTS) is 1. The van der Waals surface area contributed by atoms with E-state index in [4.69, 9.17) is 14.9 Å². The van der Waals surface area contributed by atoms with E-state index in [-0.39, 0.29) is 10.6 Å². The molecule has 0 aromatic heterocycles. The number of carbonyl (C=O) groups is 1. The van der Waals surface area contributed by atoms with Crippen LogP contribution in [0.2, 0.25) is 0 Å². The highest BCUT2D eigenvalue weighted by molar-refractivity contribution is 7.89. The van der Waals surface area contributed by atoms with E-state index in [2.05, 4.69) is 0 Å². The van der Waals surface area contributed by atoms with Crippen LogP contribution in [0.3, 0.4) is 0 Å². The third-order valence-corrected chi connectivity index (χ3v) is 3.88. The summed E-state index contributed by atoms with van der Waals surface area (Å²) in [6.07, 6.45) is 0. The van der Waals surface area contributed by atoms with Crippen molar-refractivity contribution >= 4 is 16.0 Å². The third-order valence-electron chi connectivity index (χ3n) is 2.39. The highest BCUT2D eigenvalue weighted by atomic mass is 32.2. The molecule has 0 amide bonds. The lowest BCUT2D eigenvalue weighted by molar-refractivity contribution is -0.139. The Hall–Kier alpha value is -1.64. The zero-order valence-electron chi connectivity index (χ0n) is 10.5. The highest BCUT2D eigenvalue weighted by Crippen LogP contribution is 2.24. The summed E-state index contributed by atoms with van der Waals surface area (Å²) in [5, 5.41) is 17.6. The first kappa shape index (κ1) is 15.4. The quantitative estimate of drug-likeness (QED) is 0.664. The van der Waals surface area contributed by atoms with E-state index in [9.17, 15) is 13.2 Å².